The number of fused-ring (bicyclic) bond motifs is 1. The average molecular weight is 340 g/mol. The fourth-order valence-electron chi connectivity index (χ4n) is 1.88. The van der Waals surface area contributed by atoms with E-state index in [1.54, 1.807) is 0 Å². The lowest BCUT2D eigenvalue weighted by atomic mass is 10.2. The number of nitrogens with zero attached hydrogens (tertiary/aromatic N) is 1. The molecule has 0 aliphatic carbocycles. The van der Waals surface area contributed by atoms with E-state index in [9.17, 15) is 21.2 Å². The van der Waals surface area contributed by atoms with E-state index < -0.39 is 24.7 Å². The van der Waals surface area contributed by atoms with Crippen LogP contribution in [0.2, 0.25) is 0 Å². The summed E-state index contributed by atoms with van der Waals surface area (Å²) in [5, 5.41) is 0.133. The van der Waals surface area contributed by atoms with E-state index in [1.165, 1.54) is 22.9 Å². The largest absolute Gasteiger partial charge is 0.345 e. The third-order valence-electron chi connectivity index (χ3n) is 2.77. The summed E-state index contributed by atoms with van der Waals surface area (Å²) in [5.74, 6) is -0.754. The maximum Gasteiger partial charge on any atom is 0.263 e. The van der Waals surface area contributed by atoms with Crippen LogP contribution >= 0.6 is 10.7 Å². The molecule has 20 heavy (non-hydrogen) atoms. The van der Waals surface area contributed by atoms with E-state index in [2.05, 4.69) is 0 Å². The number of aryl methyl sites for hydroxylation is 1. The Morgan fingerprint density at radius 3 is 2.45 bits per heavy atom. The van der Waals surface area contributed by atoms with E-state index in [-0.39, 0.29) is 22.6 Å². The molecule has 0 bridgehead atoms. The maximum absolute atomic E-state index is 13.2. The standard InChI is InChI=1S/C11H11ClFNO4S2/c1-19(15,16)5-4-14-7-11(20(12,17)18)9-6-8(13)2-3-10(9)14/h2-3,6-7H,4-5H2,1H3. The van der Waals surface area contributed by atoms with Gasteiger partial charge in [0.2, 0.25) is 0 Å². The van der Waals surface area contributed by atoms with Gasteiger partial charge in [-0.15, -0.1) is 0 Å². The fraction of sp³-hybridized carbons (Fsp3) is 0.273. The summed E-state index contributed by atoms with van der Waals surface area (Å²) in [4.78, 5) is -0.234. The Morgan fingerprint density at radius 1 is 1.25 bits per heavy atom. The molecule has 1 aromatic heterocycles. The summed E-state index contributed by atoms with van der Waals surface area (Å²) >= 11 is 0. The van der Waals surface area contributed by atoms with Gasteiger partial charge in [-0.2, -0.15) is 0 Å². The number of halogens is 2. The van der Waals surface area contributed by atoms with Gasteiger partial charge in [-0.05, 0) is 18.2 Å². The highest BCUT2D eigenvalue weighted by Crippen LogP contribution is 2.28. The van der Waals surface area contributed by atoms with Crippen LogP contribution in [-0.4, -0.2) is 33.4 Å². The Labute approximate surface area is 120 Å². The number of hydrogen-bond donors (Lipinski definition) is 0. The summed E-state index contributed by atoms with van der Waals surface area (Å²) in [6.45, 7) is 0.0629. The number of hydrogen-bond acceptors (Lipinski definition) is 4. The lowest BCUT2D eigenvalue weighted by molar-refractivity contribution is 0.595. The molecule has 5 nitrogen and oxygen atoms in total. The SMILES string of the molecule is CS(=O)(=O)CCn1cc(S(=O)(=O)Cl)c2cc(F)ccc21. The van der Waals surface area contributed by atoms with Gasteiger partial charge in [-0.25, -0.2) is 21.2 Å². The summed E-state index contributed by atoms with van der Waals surface area (Å²) in [7, 11) is -1.94. The van der Waals surface area contributed by atoms with E-state index in [0.717, 1.165) is 12.3 Å². The minimum atomic E-state index is -4.04. The molecule has 0 aliphatic rings. The first-order chi connectivity index (χ1) is 9.08. The molecular weight excluding hydrogens is 329 g/mol. The number of sulfone groups is 1. The van der Waals surface area contributed by atoms with Gasteiger partial charge in [-0.3, -0.25) is 0 Å². The molecule has 0 radical (unpaired) electrons. The molecule has 0 unspecified atom stereocenters. The summed E-state index contributed by atoms with van der Waals surface area (Å²) in [6, 6.07) is 3.62. The van der Waals surface area contributed by atoms with Gasteiger partial charge in [0.1, 0.15) is 20.5 Å². The smallest absolute Gasteiger partial charge is 0.263 e. The number of aromatic nitrogens is 1. The molecule has 0 N–H and O–H groups in total. The van der Waals surface area contributed by atoms with Crippen molar-refractivity contribution in [3.05, 3.63) is 30.2 Å². The number of rotatable bonds is 4. The molecule has 0 saturated carbocycles. The monoisotopic (exact) mass is 339 g/mol. The van der Waals surface area contributed by atoms with Crippen molar-refractivity contribution in [2.75, 3.05) is 12.0 Å². The first-order valence-corrected chi connectivity index (χ1v) is 9.86. The van der Waals surface area contributed by atoms with Crippen LogP contribution in [0.1, 0.15) is 0 Å². The highest BCUT2D eigenvalue weighted by Gasteiger charge is 2.19. The van der Waals surface area contributed by atoms with Crippen LogP contribution in [0.3, 0.4) is 0 Å². The lowest BCUT2D eigenvalue weighted by Gasteiger charge is -2.03. The molecule has 0 spiro atoms. The minimum absolute atomic E-state index is 0.0629. The zero-order chi connectivity index (χ0) is 15.1. The average Bonchev–Trinajstić information content (AvgIpc) is 2.63. The van der Waals surface area contributed by atoms with Crippen LogP contribution in [0.5, 0.6) is 0 Å². The Kier molecular flexibility index (Phi) is 3.83. The van der Waals surface area contributed by atoms with Crippen LogP contribution in [0.4, 0.5) is 4.39 Å². The van der Waals surface area contributed by atoms with Crippen molar-refractivity contribution in [1.82, 2.24) is 4.57 Å². The molecule has 2 rings (SSSR count). The third-order valence-corrected chi connectivity index (χ3v) is 5.05. The topological polar surface area (TPSA) is 73.2 Å². The van der Waals surface area contributed by atoms with E-state index in [0.29, 0.717) is 5.52 Å². The van der Waals surface area contributed by atoms with Crippen molar-refractivity contribution in [2.24, 2.45) is 0 Å². The Hall–Kier alpha value is -1.12. The van der Waals surface area contributed by atoms with Crippen molar-refractivity contribution < 1.29 is 21.2 Å². The summed E-state index contributed by atoms with van der Waals surface area (Å²) in [6.07, 6.45) is 2.30. The van der Waals surface area contributed by atoms with Gasteiger partial charge in [0, 0.05) is 40.6 Å². The Morgan fingerprint density at radius 2 is 1.90 bits per heavy atom. The van der Waals surface area contributed by atoms with Crippen LogP contribution in [0.25, 0.3) is 10.9 Å². The van der Waals surface area contributed by atoms with Crippen molar-refractivity contribution >= 4 is 40.5 Å². The van der Waals surface area contributed by atoms with Crippen molar-refractivity contribution in [3.8, 4) is 0 Å². The van der Waals surface area contributed by atoms with Gasteiger partial charge >= 0.3 is 0 Å². The van der Waals surface area contributed by atoms with E-state index >= 15 is 0 Å². The van der Waals surface area contributed by atoms with Gasteiger partial charge < -0.3 is 4.57 Å². The Balaban J connectivity index is 2.62. The quantitative estimate of drug-likeness (QED) is 0.795. The first kappa shape index (κ1) is 15.3. The highest BCUT2D eigenvalue weighted by atomic mass is 35.7. The third kappa shape index (κ3) is 3.31. The molecular formula is C11H11ClFNO4S2. The van der Waals surface area contributed by atoms with Crippen molar-refractivity contribution in [2.45, 2.75) is 11.4 Å². The second-order valence-electron chi connectivity index (χ2n) is 4.42. The molecule has 0 fully saturated rings. The molecule has 0 saturated heterocycles. The summed E-state index contributed by atoms with van der Waals surface area (Å²) in [5.41, 5.74) is 0.411. The highest BCUT2D eigenvalue weighted by molar-refractivity contribution is 8.14. The molecule has 1 heterocycles. The van der Waals surface area contributed by atoms with Crippen LogP contribution < -0.4 is 0 Å². The molecule has 0 atom stereocenters. The minimum Gasteiger partial charge on any atom is -0.345 e. The van der Waals surface area contributed by atoms with Gasteiger partial charge in [0.05, 0.1) is 5.75 Å². The van der Waals surface area contributed by atoms with Crippen molar-refractivity contribution in [3.63, 3.8) is 0 Å². The zero-order valence-corrected chi connectivity index (χ0v) is 12.8. The second kappa shape index (κ2) is 5.01. The van der Waals surface area contributed by atoms with E-state index in [4.69, 9.17) is 10.7 Å². The van der Waals surface area contributed by atoms with E-state index in [1.807, 2.05) is 0 Å². The first-order valence-electron chi connectivity index (χ1n) is 5.49. The van der Waals surface area contributed by atoms with Gasteiger partial charge in [0.25, 0.3) is 9.05 Å². The molecule has 0 amide bonds. The van der Waals surface area contributed by atoms with Crippen LogP contribution in [0, 0.1) is 5.82 Å². The Bertz CT molecular complexity index is 871. The predicted molar refractivity (Wildman–Crippen MR) is 74.6 cm³/mol. The summed E-state index contributed by atoms with van der Waals surface area (Å²) < 4.78 is 60.0. The molecule has 110 valence electrons. The number of benzene rings is 1. The normalized spacial score (nSPS) is 12.9. The molecule has 2 aromatic rings. The van der Waals surface area contributed by atoms with Crippen molar-refractivity contribution in [1.29, 1.82) is 0 Å². The molecule has 0 aliphatic heterocycles. The molecule has 1 aromatic carbocycles. The predicted octanol–water partition coefficient (Wildman–Crippen LogP) is 1.75. The van der Waals surface area contributed by atoms with Crippen LogP contribution in [0.15, 0.2) is 29.3 Å². The maximum atomic E-state index is 13.2. The zero-order valence-electron chi connectivity index (χ0n) is 10.4. The molecule has 9 heteroatoms. The second-order valence-corrected chi connectivity index (χ2v) is 9.21. The van der Waals surface area contributed by atoms with Gasteiger partial charge in [-0.1, -0.05) is 0 Å². The van der Waals surface area contributed by atoms with Gasteiger partial charge in [0.15, 0.2) is 0 Å². The lowest BCUT2D eigenvalue weighted by Crippen LogP contribution is -2.10. The van der Waals surface area contributed by atoms with Crippen LogP contribution in [-0.2, 0) is 25.4 Å². The fourth-order valence-corrected chi connectivity index (χ4v) is 3.46.